The third-order valence-corrected chi connectivity index (χ3v) is 4.63. The highest BCUT2D eigenvalue weighted by Crippen LogP contribution is 2.21. The van der Waals surface area contributed by atoms with E-state index < -0.39 is 0 Å². The van der Waals surface area contributed by atoms with E-state index in [4.69, 9.17) is 5.11 Å². The van der Waals surface area contributed by atoms with Gasteiger partial charge in [0.25, 0.3) is 5.56 Å². The van der Waals surface area contributed by atoms with E-state index in [9.17, 15) is 4.79 Å². The average Bonchev–Trinajstić information content (AvgIpc) is 2.71. The highest BCUT2D eigenvalue weighted by molar-refractivity contribution is 5.81. The van der Waals surface area contributed by atoms with Crippen molar-refractivity contribution >= 4 is 22.5 Å². The number of hydrogen-bond donors (Lipinski definition) is 1. The fourth-order valence-corrected chi connectivity index (χ4v) is 3.23. The molecule has 1 aliphatic heterocycles. The van der Waals surface area contributed by atoms with Crippen LogP contribution in [0.15, 0.2) is 47.8 Å². The summed E-state index contributed by atoms with van der Waals surface area (Å²) in [6, 6.07) is 7.55. The van der Waals surface area contributed by atoms with Crippen LogP contribution in [-0.4, -0.2) is 57.4 Å². The summed E-state index contributed by atoms with van der Waals surface area (Å²) in [5, 5.41) is 9.60. The molecule has 3 aromatic rings. The quantitative estimate of drug-likeness (QED) is 0.732. The van der Waals surface area contributed by atoms with Crippen molar-refractivity contribution in [1.29, 1.82) is 0 Å². The molecule has 1 N–H and O–H groups in total. The van der Waals surface area contributed by atoms with Crippen molar-refractivity contribution in [2.24, 2.45) is 0 Å². The molecule has 134 valence electrons. The highest BCUT2D eigenvalue weighted by atomic mass is 16.3. The number of aliphatic hydroxyl groups excluding tert-OH is 1. The fourth-order valence-electron chi connectivity index (χ4n) is 3.23. The highest BCUT2D eigenvalue weighted by Gasteiger charge is 2.19. The summed E-state index contributed by atoms with van der Waals surface area (Å²) in [5.41, 5.74) is 1.61. The van der Waals surface area contributed by atoms with Gasteiger partial charge < -0.3 is 14.9 Å². The first-order chi connectivity index (χ1) is 12.8. The fraction of sp³-hybridized carbons (Fsp3) is 0.333. The van der Waals surface area contributed by atoms with Gasteiger partial charge in [0.2, 0.25) is 5.95 Å². The van der Waals surface area contributed by atoms with E-state index in [-0.39, 0.29) is 18.7 Å². The van der Waals surface area contributed by atoms with Crippen LogP contribution in [0.3, 0.4) is 0 Å². The molecule has 26 heavy (non-hydrogen) atoms. The molecule has 3 heterocycles. The van der Waals surface area contributed by atoms with Gasteiger partial charge in [-0.1, -0.05) is 0 Å². The Balaban J connectivity index is 1.53. The largest absolute Gasteiger partial charge is 0.395 e. The smallest absolute Gasteiger partial charge is 0.261 e. The van der Waals surface area contributed by atoms with E-state index in [1.807, 2.05) is 24.3 Å². The van der Waals surface area contributed by atoms with Crippen molar-refractivity contribution < 1.29 is 5.11 Å². The van der Waals surface area contributed by atoms with Gasteiger partial charge in [-0.3, -0.25) is 9.36 Å². The van der Waals surface area contributed by atoms with Crippen LogP contribution < -0.4 is 15.4 Å². The summed E-state index contributed by atoms with van der Waals surface area (Å²) in [7, 11) is 0. The van der Waals surface area contributed by atoms with Gasteiger partial charge in [-0.25, -0.2) is 15.0 Å². The third-order valence-electron chi connectivity index (χ3n) is 4.63. The predicted molar refractivity (Wildman–Crippen MR) is 99.5 cm³/mol. The molecule has 0 radical (unpaired) electrons. The van der Waals surface area contributed by atoms with E-state index in [1.165, 1.54) is 10.9 Å². The molecule has 0 bridgehead atoms. The number of rotatable bonds is 4. The standard InChI is InChI=1S/C18H20N6O2/c25-11-10-24-13-21-16-12-14(2-3-15(16)17(24)26)22-6-8-23(9-7-22)18-19-4-1-5-20-18/h1-5,12-13,25H,6-11H2. The van der Waals surface area contributed by atoms with E-state index >= 15 is 0 Å². The Morgan fingerprint density at radius 2 is 1.73 bits per heavy atom. The zero-order valence-corrected chi connectivity index (χ0v) is 14.3. The molecule has 4 rings (SSSR count). The van der Waals surface area contributed by atoms with Crippen LogP contribution in [0.5, 0.6) is 0 Å². The lowest BCUT2D eigenvalue weighted by Gasteiger charge is -2.36. The summed E-state index contributed by atoms with van der Waals surface area (Å²) >= 11 is 0. The number of fused-ring (bicyclic) bond motifs is 1. The van der Waals surface area contributed by atoms with E-state index in [0.29, 0.717) is 10.9 Å². The van der Waals surface area contributed by atoms with E-state index in [2.05, 4.69) is 24.8 Å². The molecule has 8 nitrogen and oxygen atoms in total. The molecular formula is C18H20N6O2. The molecule has 2 aromatic heterocycles. The number of aromatic nitrogens is 4. The Morgan fingerprint density at radius 1 is 1.00 bits per heavy atom. The Morgan fingerprint density at radius 3 is 2.46 bits per heavy atom. The maximum atomic E-state index is 12.4. The number of anilines is 2. The number of aliphatic hydroxyl groups is 1. The molecule has 8 heteroatoms. The molecule has 0 amide bonds. The Bertz CT molecular complexity index is 951. The zero-order valence-electron chi connectivity index (χ0n) is 14.3. The topological polar surface area (TPSA) is 87.4 Å². The first kappa shape index (κ1) is 16.5. The molecular weight excluding hydrogens is 332 g/mol. The number of benzene rings is 1. The van der Waals surface area contributed by atoms with Gasteiger partial charge in [0, 0.05) is 44.3 Å². The molecule has 0 atom stereocenters. The van der Waals surface area contributed by atoms with E-state index in [1.54, 1.807) is 12.4 Å². The predicted octanol–water partition coefficient (Wildman–Crippen LogP) is 0.505. The lowest BCUT2D eigenvalue weighted by molar-refractivity contribution is 0.274. The first-order valence-electron chi connectivity index (χ1n) is 8.63. The van der Waals surface area contributed by atoms with Gasteiger partial charge in [0.05, 0.1) is 30.4 Å². The lowest BCUT2D eigenvalue weighted by Crippen LogP contribution is -2.47. The van der Waals surface area contributed by atoms with Crippen LogP contribution in [0.4, 0.5) is 11.6 Å². The van der Waals surface area contributed by atoms with Gasteiger partial charge in [-0.05, 0) is 24.3 Å². The summed E-state index contributed by atoms with van der Waals surface area (Å²) in [6.45, 7) is 3.56. The van der Waals surface area contributed by atoms with Crippen LogP contribution in [-0.2, 0) is 6.54 Å². The second-order valence-electron chi connectivity index (χ2n) is 6.19. The summed E-state index contributed by atoms with van der Waals surface area (Å²) < 4.78 is 1.43. The molecule has 1 fully saturated rings. The monoisotopic (exact) mass is 352 g/mol. The molecule has 1 aromatic carbocycles. The number of hydrogen-bond acceptors (Lipinski definition) is 7. The van der Waals surface area contributed by atoms with Gasteiger partial charge in [-0.15, -0.1) is 0 Å². The van der Waals surface area contributed by atoms with Crippen molar-refractivity contribution in [3.8, 4) is 0 Å². The lowest BCUT2D eigenvalue weighted by atomic mass is 10.2. The van der Waals surface area contributed by atoms with Crippen molar-refractivity contribution in [2.45, 2.75) is 6.54 Å². The van der Waals surface area contributed by atoms with Crippen molar-refractivity contribution in [3.05, 3.63) is 53.3 Å². The molecule has 0 aliphatic carbocycles. The number of nitrogens with zero attached hydrogens (tertiary/aromatic N) is 6. The second kappa shape index (κ2) is 7.09. The van der Waals surface area contributed by atoms with Gasteiger partial charge in [-0.2, -0.15) is 0 Å². The third kappa shape index (κ3) is 3.11. The Kier molecular flexibility index (Phi) is 4.49. The molecule has 0 saturated carbocycles. The average molecular weight is 352 g/mol. The summed E-state index contributed by atoms with van der Waals surface area (Å²) in [4.78, 5) is 29.8. The van der Waals surface area contributed by atoms with Crippen molar-refractivity contribution in [2.75, 3.05) is 42.6 Å². The van der Waals surface area contributed by atoms with Gasteiger partial charge in [0.15, 0.2) is 0 Å². The second-order valence-corrected chi connectivity index (χ2v) is 6.19. The summed E-state index contributed by atoms with van der Waals surface area (Å²) in [5.74, 6) is 0.761. The van der Waals surface area contributed by atoms with Crippen LogP contribution in [0, 0.1) is 0 Å². The van der Waals surface area contributed by atoms with Crippen molar-refractivity contribution in [3.63, 3.8) is 0 Å². The van der Waals surface area contributed by atoms with Crippen LogP contribution in [0.2, 0.25) is 0 Å². The summed E-state index contributed by atoms with van der Waals surface area (Å²) in [6.07, 6.45) is 5.01. The minimum atomic E-state index is -0.123. The molecule has 0 spiro atoms. The van der Waals surface area contributed by atoms with Crippen LogP contribution in [0.25, 0.3) is 10.9 Å². The Labute approximate surface area is 150 Å². The van der Waals surface area contributed by atoms with Gasteiger partial charge in [0.1, 0.15) is 0 Å². The first-order valence-corrected chi connectivity index (χ1v) is 8.63. The maximum absolute atomic E-state index is 12.4. The molecule has 0 unspecified atom stereocenters. The SMILES string of the molecule is O=c1c2ccc(N3CCN(c4ncccn4)CC3)cc2ncn1CCO. The van der Waals surface area contributed by atoms with Crippen LogP contribution >= 0.6 is 0 Å². The minimum absolute atomic E-state index is 0.0828. The molecule has 1 aliphatic rings. The van der Waals surface area contributed by atoms with Crippen molar-refractivity contribution in [1.82, 2.24) is 19.5 Å². The zero-order chi connectivity index (χ0) is 17.9. The minimum Gasteiger partial charge on any atom is -0.395 e. The number of piperazine rings is 1. The Hall–Kier alpha value is -3.00. The normalized spacial score (nSPS) is 14.8. The maximum Gasteiger partial charge on any atom is 0.261 e. The van der Waals surface area contributed by atoms with Gasteiger partial charge >= 0.3 is 0 Å². The van der Waals surface area contributed by atoms with E-state index in [0.717, 1.165) is 37.8 Å². The molecule has 1 saturated heterocycles. The van der Waals surface area contributed by atoms with Crippen LogP contribution in [0.1, 0.15) is 0 Å².